The molecule has 9 heteroatoms. The Morgan fingerprint density at radius 2 is 1.93 bits per heavy atom. The molecule has 0 radical (unpaired) electrons. The lowest BCUT2D eigenvalue weighted by molar-refractivity contribution is -0.384. The molecule has 3 rings (SSSR count). The van der Waals surface area contributed by atoms with Crippen LogP contribution in [0.15, 0.2) is 24.3 Å². The van der Waals surface area contributed by atoms with Gasteiger partial charge in [-0.25, -0.2) is 4.79 Å². The van der Waals surface area contributed by atoms with Gasteiger partial charge in [0.2, 0.25) is 5.91 Å². The zero-order valence-corrected chi connectivity index (χ0v) is 15.2. The highest BCUT2D eigenvalue weighted by Gasteiger charge is 2.64. The Kier molecular flexibility index (Phi) is 4.73. The molecule has 0 aliphatic carbocycles. The molecule has 27 heavy (non-hydrogen) atoms. The second-order valence-corrected chi connectivity index (χ2v) is 7.20. The van der Waals surface area contributed by atoms with E-state index >= 15 is 0 Å². The summed E-state index contributed by atoms with van der Waals surface area (Å²) < 4.78 is 10.5. The highest BCUT2D eigenvalue weighted by molar-refractivity contribution is 6.11. The van der Waals surface area contributed by atoms with Crippen molar-refractivity contribution in [3.63, 3.8) is 0 Å². The summed E-state index contributed by atoms with van der Waals surface area (Å²) in [5, 5.41) is 10.6. The minimum atomic E-state index is -1.23. The number of fused-ring (bicyclic) bond motifs is 1. The first-order valence-corrected chi connectivity index (χ1v) is 8.47. The third-order valence-electron chi connectivity index (χ3n) is 5.28. The first-order chi connectivity index (χ1) is 12.7. The monoisotopic (exact) mass is 376 g/mol. The SMILES string of the molecule is COC(C)(C)[C@@H]1C(=O)N2[C@@H](C(=O)OCc3ccc([N+](=O)[O-])cc3)C(=O)C[C@H]12. The molecule has 2 aliphatic rings. The van der Waals surface area contributed by atoms with Gasteiger partial charge >= 0.3 is 5.97 Å². The summed E-state index contributed by atoms with van der Waals surface area (Å²) in [6, 6.07) is 3.95. The number of hydrogen-bond donors (Lipinski definition) is 0. The molecular formula is C18H20N2O7. The summed E-state index contributed by atoms with van der Waals surface area (Å²) in [7, 11) is 1.50. The zero-order chi connectivity index (χ0) is 19.9. The number of benzene rings is 1. The van der Waals surface area contributed by atoms with E-state index in [-0.39, 0.29) is 36.4 Å². The van der Waals surface area contributed by atoms with E-state index in [0.29, 0.717) is 5.56 Å². The maximum absolute atomic E-state index is 12.5. The molecule has 3 atom stereocenters. The third-order valence-corrected chi connectivity index (χ3v) is 5.28. The molecule has 9 nitrogen and oxygen atoms in total. The molecule has 2 aliphatic heterocycles. The molecule has 2 saturated heterocycles. The van der Waals surface area contributed by atoms with Gasteiger partial charge in [0.1, 0.15) is 6.61 Å². The highest BCUT2D eigenvalue weighted by Crippen LogP contribution is 2.44. The van der Waals surface area contributed by atoms with Crippen LogP contribution in [0.5, 0.6) is 0 Å². The van der Waals surface area contributed by atoms with E-state index < -0.39 is 28.5 Å². The highest BCUT2D eigenvalue weighted by atomic mass is 16.6. The maximum Gasteiger partial charge on any atom is 0.337 e. The fourth-order valence-corrected chi connectivity index (χ4v) is 3.65. The molecule has 0 saturated carbocycles. The van der Waals surface area contributed by atoms with E-state index in [1.165, 1.54) is 36.3 Å². The number of esters is 1. The lowest BCUT2D eigenvalue weighted by Gasteiger charge is -2.50. The average molecular weight is 376 g/mol. The number of methoxy groups -OCH3 is 1. The van der Waals surface area contributed by atoms with Gasteiger partial charge in [-0.3, -0.25) is 19.7 Å². The van der Waals surface area contributed by atoms with Gasteiger partial charge in [-0.05, 0) is 31.5 Å². The summed E-state index contributed by atoms with van der Waals surface area (Å²) in [6.45, 7) is 3.41. The van der Waals surface area contributed by atoms with Crippen molar-refractivity contribution in [2.45, 2.75) is 44.6 Å². The smallest absolute Gasteiger partial charge is 0.337 e. The summed E-state index contributed by atoms with van der Waals surface area (Å²) in [5.41, 5.74) is -0.253. The summed E-state index contributed by atoms with van der Waals surface area (Å²) in [6.07, 6.45) is 0.0977. The Morgan fingerprint density at radius 1 is 1.30 bits per heavy atom. The van der Waals surface area contributed by atoms with Crippen LogP contribution in [-0.2, 0) is 30.5 Å². The molecule has 0 unspecified atom stereocenters. The van der Waals surface area contributed by atoms with E-state index in [2.05, 4.69) is 0 Å². The normalized spacial score (nSPS) is 24.4. The predicted molar refractivity (Wildman–Crippen MR) is 91.5 cm³/mol. The summed E-state index contributed by atoms with van der Waals surface area (Å²) in [5.74, 6) is -1.91. The van der Waals surface area contributed by atoms with E-state index in [9.17, 15) is 24.5 Å². The molecule has 0 bridgehead atoms. The van der Waals surface area contributed by atoms with E-state index in [1.807, 2.05) is 0 Å². The van der Waals surface area contributed by atoms with Crippen LogP contribution in [0, 0.1) is 16.0 Å². The zero-order valence-electron chi connectivity index (χ0n) is 15.2. The molecule has 2 fully saturated rings. The molecule has 1 amide bonds. The van der Waals surface area contributed by atoms with Crippen LogP contribution >= 0.6 is 0 Å². The van der Waals surface area contributed by atoms with Gasteiger partial charge in [-0.2, -0.15) is 0 Å². The molecular weight excluding hydrogens is 356 g/mol. The largest absolute Gasteiger partial charge is 0.459 e. The molecule has 2 heterocycles. The molecule has 144 valence electrons. The van der Waals surface area contributed by atoms with Crippen molar-refractivity contribution in [1.29, 1.82) is 0 Å². The first kappa shape index (κ1) is 19.0. The fourth-order valence-electron chi connectivity index (χ4n) is 3.65. The Balaban J connectivity index is 1.65. The number of nitrogens with zero attached hydrogens (tertiary/aromatic N) is 2. The quantitative estimate of drug-likeness (QED) is 0.241. The Bertz CT molecular complexity index is 802. The number of rotatable bonds is 6. The second kappa shape index (κ2) is 6.73. The van der Waals surface area contributed by atoms with Crippen molar-refractivity contribution in [3.05, 3.63) is 39.9 Å². The lowest BCUT2D eigenvalue weighted by Crippen LogP contribution is -2.68. The van der Waals surface area contributed by atoms with Crippen molar-refractivity contribution in [2.24, 2.45) is 5.92 Å². The van der Waals surface area contributed by atoms with Gasteiger partial charge in [0, 0.05) is 25.7 Å². The van der Waals surface area contributed by atoms with Crippen molar-refractivity contribution in [2.75, 3.05) is 7.11 Å². The molecule has 1 aromatic carbocycles. The van der Waals surface area contributed by atoms with Gasteiger partial charge in [-0.15, -0.1) is 0 Å². The number of non-ortho nitro benzene ring substituents is 1. The number of Topliss-reactive ketones (excluding diaryl/α,β-unsaturated/α-hetero) is 1. The van der Waals surface area contributed by atoms with Crippen LogP contribution in [0.25, 0.3) is 0 Å². The number of carbonyl (C=O) groups excluding carboxylic acids is 3. The number of nitro benzene ring substituents is 1. The average Bonchev–Trinajstić information content (AvgIpc) is 2.92. The van der Waals surface area contributed by atoms with Crippen LogP contribution in [-0.4, -0.2) is 52.3 Å². The van der Waals surface area contributed by atoms with Crippen LogP contribution in [0.4, 0.5) is 5.69 Å². The Labute approximate surface area is 155 Å². The maximum atomic E-state index is 12.5. The summed E-state index contributed by atoms with van der Waals surface area (Å²) in [4.78, 5) is 48.6. The van der Waals surface area contributed by atoms with E-state index in [4.69, 9.17) is 9.47 Å². The first-order valence-electron chi connectivity index (χ1n) is 8.47. The fraction of sp³-hybridized carbons (Fsp3) is 0.500. The molecule has 0 aromatic heterocycles. The van der Waals surface area contributed by atoms with Crippen molar-refractivity contribution >= 4 is 23.3 Å². The molecule has 0 spiro atoms. The Hall–Kier alpha value is -2.81. The number of ketones is 1. The van der Waals surface area contributed by atoms with E-state index in [0.717, 1.165) is 0 Å². The van der Waals surface area contributed by atoms with Crippen molar-refractivity contribution in [3.8, 4) is 0 Å². The number of ether oxygens (including phenoxy) is 2. The number of hydrogen-bond acceptors (Lipinski definition) is 7. The van der Waals surface area contributed by atoms with Gasteiger partial charge in [0.25, 0.3) is 5.69 Å². The second-order valence-electron chi connectivity index (χ2n) is 7.20. The summed E-state index contributed by atoms with van der Waals surface area (Å²) >= 11 is 0. The van der Waals surface area contributed by atoms with Crippen molar-refractivity contribution < 1.29 is 28.8 Å². The molecule has 0 N–H and O–H groups in total. The molecule has 1 aromatic rings. The van der Waals surface area contributed by atoms with Gasteiger partial charge in [0.15, 0.2) is 11.8 Å². The number of nitro groups is 1. The number of carbonyl (C=O) groups is 3. The number of amides is 1. The predicted octanol–water partition coefficient (Wildman–Crippen LogP) is 1.23. The standard InChI is InChI=1S/C18H20N2O7/c1-18(2,26-3)14-12-8-13(21)15(19(12)16(14)22)17(23)27-9-10-4-6-11(7-5-10)20(24)25/h4-7,12,14-15H,8-9H2,1-3H3/t12-,14+,15-/m1/s1. The Morgan fingerprint density at radius 3 is 2.48 bits per heavy atom. The van der Waals surface area contributed by atoms with Crippen LogP contribution in [0.2, 0.25) is 0 Å². The lowest BCUT2D eigenvalue weighted by atomic mass is 9.76. The van der Waals surface area contributed by atoms with E-state index in [1.54, 1.807) is 13.8 Å². The van der Waals surface area contributed by atoms with Crippen LogP contribution < -0.4 is 0 Å². The van der Waals surface area contributed by atoms with Gasteiger partial charge in [-0.1, -0.05) is 0 Å². The van der Waals surface area contributed by atoms with Gasteiger partial charge < -0.3 is 14.4 Å². The van der Waals surface area contributed by atoms with Crippen molar-refractivity contribution in [1.82, 2.24) is 4.90 Å². The van der Waals surface area contributed by atoms with Crippen LogP contribution in [0.3, 0.4) is 0 Å². The van der Waals surface area contributed by atoms with Gasteiger partial charge in [0.05, 0.1) is 22.5 Å². The minimum absolute atomic E-state index is 0.0723. The topological polar surface area (TPSA) is 116 Å². The number of β-lactam (4-membered cyclic amide) rings is 1. The third kappa shape index (κ3) is 3.18. The minimum Gasteiger partial charge on any atom is -0.459 e. The van der Waals surface area contributed by atoms with Crippen LogP contribution in [0.1, 0.15) is 25.8 Å².